The third kappa shape index (κ3) is 3.32. The van der Waals surface area contributed by atoms with Gasteiger partial charge in [0.2, 0.25) is 5.91 Å². The summed E-state index contributed by atoms with van der Waals surface area (Å²) in [5.74, 6) is -0.0315. The Labute approximate surface area is 125 Å². The van der Waals surface area contributed by atoms with Crippen LogP contribution >= 0.6 is 0 Å². The molecule has 0 radical (unpaired) electrons. The summed E-state index contributed by atoms with van der Waals surface area (Å²) in [6.07, 6.45) is 4.45. The zero-order chi connectivity index (χ0) is 15.4. The largest absolute Gasteiger partial charge is 0.352 e. The van der Waals surface area contributed by atoms with Gasteiger partial charge in [-0.25, -0.2) is 0 Å². The lowest BCUT2D eigenvalue weighted by Gasteiger charge is -2.13. The Morgan fingerprint density at radius 2 is 2.19 bits per heavy atom. The lowest BCUT2D eigenvalue weighted by molar-refractivity contribution is -0.124. The molecule has 0 aromatic carbocycles. The van der Waals surface area contributed by atoms with Gasteiger partial charge in [0.1, 0.15) is 6.04 Å². The van der Waals surface area contributed by atoms with E-state index in [4.69, 9.17) is 0 Å². The molecule has 2 heterocycles. The van der Waals surface area contributed by atoms with E-state index in [0.717, 1.165) is 12.1 Å². The van der Waals surface area contributed by atoms with E-state index in [0.29, 0.717) is 13.1 Å². The van der Waals surface area contributed by atoms with Gasteiger partial charge in [0.25, 0.3) is 0 Å². The normalized spacial score (nSPS) is 12.4. The van der Waals surface area contributed by atoms with Gasteiger partial charge in [0, 0.05) is 24.6 Å². The molecule has 2 rings (SSSR count). The standard InChI is InChI=1S/C15H23N5O/c1-5-14-11(2)18-20(12(14)3)10-8-16-15(21)13(4)19-9-6-7-17-19/h6-7,9,13H,5,8,10H2,1-4H3,(H,16,21)/t13-/m1/s1. The fourth-order valence-corrected chi connectivity index (χ4v) is 2.53. The maximum atomic E-state index is 12.0. The highest BCUT2D eigenvalue weighted by Gasteiger charge is 2.15. The average molecular weight is 289 g/mol. The van der Waals surface area contributed by atoms with Gasteiger partial charge in [-0.05, 0) is 38.8 Å². The molecule has 1 N–H and O–H groups in total. The quantitative estimate of drug-likeness (QED) is 0.879. The molecule has 0 aliphatic heterocycles. The van der Waals surface area contributed by atoms with Crippen molar-refractivity contribution in [2.45, 2.75) is 46.7 Å². The second kappa shape index (κ2) is 6.56. The molecule has 0 fully saturated rings. The minimum absolute atomic E-state index is 0.0315. The molecule has 114 valence electrons. The van der Waals surface area contributed by atoms with E-state index >= 15 is 0 Å². The van der Waals surface area contributed by atoms with Crippen molar-refractivity contribution in [3.63, 3.8) is 0 Å². The van der Waals surface area contributed by atoms with Gasteiger partial charge in [0.05, 0.1) is 12.2 Å². The summed E-state index contributed by atoms with van der Waals surface area (Å²) in [5, 5.41) is 11.5. The Morgan fingerprint density at radius 1 is 1.43 bits per heavy atom. The van der Waals surface area contributed by atoms with Crippen LogP contribution in [0.4, 0.5) is 0 Å². The number of carbonyl (C=O) groups is 1. The maximum absolute atomic E-state index is 12.0. The summed E-state index contributed by atoms with van der Waals surface area (Å²) in [6.45, 7) is 9.32. The van der Waals surface area contributed by atoms with Gasteiger partial charge >= 0.3 is 0 Å². The monoisotopic (exact) mass is 289 g/mol. The number of nitrogens with zero attached hydrogens (tertiary/aromatic N) is 4. The van der Waals surface area contributed by atoms with Crippen LogP contribution in [0.5, 0.6) is 0 Å². The van der Waals surface area contributed by atoms with Gasteiger partial charge in [-0.3, -0.25) is 14.2 Å². The van der Waals surface area contributed by atoms with E-state index in [2.05, 4.69) is 29.4 Å². The predicted octanol–water partition coefficient (Wildman–Crippen LogP) is 1.64. The number of rotatable bonds is 6. The number of amides is 1. The third-order valence-corrected chi connectivity index (χ3v) is 3.81. The van der Waals surface area contributed by atoms with Crippen LogP contribution in [0.25, 0.3) is 0 Å². The van der Waals surface area contributed by atoms with Crippen LogP contribution in [0.1, 0.15) is 36.8 Å². The van der Waals surface area contributed by atoms with Crippen LogP contribution < -0.4 is 5.32 Å². The first-order chi connectivity index (χ1) is 10.0. The summed E-state index contributed by atoms with van der Waals surface area (Å²) in [6, 6.07) is 1.51. The molecule has 2 aromatic rings. The first kappa shape index (κ1) is 15.3. The molecule has 0 saturated carbocycles. The lowest BCUT2D eigenvalue weighted by atomic mass is 10.1. The smallest absolute Gasteiger partial charge is 0.244 e. The minimum atomic E-state index is -0.299. The van der Waals surface area contributed by atoms with Crippen molar-refractivity contribution in [3.8, 4) is 0 Å². The Bertz CT molecular complexity index is 600. The molecule has 21 heavy (non-hydrogen) atoms. The minimum Gasteiger partial charge on any atom is -0.352 e. The third-order valence-electron chi connectivity index (χ3n) is 3.81. The first-order valence-electron chi connectivity index (χ1n) is 7.34. The van der Waals surface area contributed by atoms with Crippen LogP contribution in [-0.4, -0.2) is 32.0 Å². The number of hydrogen-bond donors (Lipinski definition) is 1. The van der Waals surface area contributed by atoms with Crippen LogP contribution in [-0.2, 0) is 17.8 Å². The number of aryl methyl sites for hydroxylation is 1. The topological polar surface area (TPSA) is 64.7 Å². The van der Waals surface area contributed by atoms with Gasteiger partial charge in [-0.2, -0.15) is 10.2 Å². The summed E-state index contributed by atoms with van der Waals surface area (Å²) in [4.78, 5) is 12.0. The first-order valence-corrected chi connectivity index (χ1v) is 7.34. The number of carbonyl (C=O) groups excluding carboxylic acids is 1. The zero-order valence-corrected chi connectivity index (χ0v) is 13.1. The van der Waals surface area contributed by atoms with Crippen molar-refractivity contribution >= 4 is 5.91 Å². The Balaban J connectivity index is 1.88. The highest BCUT2D eigenvalue weighted by Crippen LogP contribution is 2.13. The van der Waals surface area contributed by atoms with Gasteiger partial charge in [-0.1, -0.05) is 6.92 Å². The summed E-state index contributed by atoms with van der Waals surface area (Å²) in [5.41, 5.74) is 3.56. The van der Waals surface area contributed by atoms with Crippen molar-refractivity contribution in [1.82, 2.24) is 24.9 Å². The zero-order valence-electron chi connectivity index (χ0n) is 13.1. The van der Waals surface area contributed by atoms with Crippen molar-refractivity contribution in [3.05, 3.63) is 35.4 Å². The van der Waals surface area contributed by atoms with Crippen molar-refractivity contribution in [1.29, 1.82) is 0 Å². The summed E-state index contributed by atoms with van der Waals surface area (Å²) < 4.78 is 3.61. The number of hydrogen-bond acceptors (Lipinski definition) is 3. The molecule has 0 saturated heterocycles. The van der Waals surface area contributed by atoms with Crippen LogP contribution in [0, 0.1) is 13.8 Å². The highest BCUT2D eigenvalue weighted by atomic mass is 16.2. The molecule has 0 unspecified atom stereocenters. The van der Waals surface area contributed by atoms with Crippen molar-refractivity contribution in [2.75, 3.05) is 6.54 Å². The van der Waals surface area contributed by atoms with E-state index in [1.54, 1.807) is 17.1 Å². The molecule has 0 bridgehead atoms. The average Bonchev–Trinajstić information content (AvgIpc) is 3.07. The molecule has 1 atom stereocenters. The summed E-state index contributed by atoms with van der Waals surface area (Å²) >= 11 is 0. The number of nitrogens with one attached hydrogen (secondary N) is 1. The van der Waals surface area contributed by atoms with E-state index in [1.165, 1.54) is 11.3 Å². The van der Waals surface area contributed by atoms with E-state index in [1.807, 2.05) is 24.6 Å². The van der Waals surface area contributed by atoms with Crippen molar-refractivity contribution in [2.24, 2.45) is 0 Å². The fraction of sp³-hybridized carbons (Fsp3) is 0.533. The van der Waals surface area contributed by atoms with E-state index in [-0.39, 0.29) is 11.9 Å². The molecule has 2 aromatic heterocycles. The van der Waals surface area contributed by atoms with Gasteiger partial charge in [-0.15, -0.1) is 0 Å². The van der Waals surface area contributed by atoms with Gasteiger partial charge < -0.3 is 5.32 Å². The Kier molecular flexibility index (Phi) is 4.77. The lowest BCUT2D eigenvalue weighted by Crippen LogP contribution is -2.33. The molecular weight excluding hydrogens is 266 g/mol. The van der Waals surface area contributed by atoms with Crippen LogP contribution in [0.2, 0.25) is 0 Å². The maximum Gasteiger partial charge on any atom is 0.244 e. The summed E-state index contributed by atoms with van der Waals surface area (Å²) in [7, 11) is 0. The molecule has 0 aliphatic carbocycles. The van der Waals surface area contributed by atoms with Crippen molar-refractivity contribution < 1.29 is 4.79 Å². The molecule has 0 aliphatic rings. The highest BCUT2D eigenvalue weighted by molar-refractivity contribution is 5.79. The van der Waals surface area contributed by atoms with Crippen LogP contribution in [0.3, 0.4) is 0 Å². The second-order valence-electron chi connectivity index (χ2n) is 5.18. The molecule has 0 spiro atoms. The molecule has 6 heteroatoms. The fourth-order valence-electron chi connectivity index (χ4n) is 2.53. The predicted molar refractivity (Wildman–Crippen MR) is 81.0 cm³/mol. The second-order valence-corrected chi connectivity index (χ2v) is 5.18. The van der Waals surface area contributed by atoms with E-state index < -0.39 is 0 Å². The van der Waals surface area contributed by atoms with Crippen LogP contribution in [0.15, 0.2) is 18.5 Å². The Morgan fingerprint density at radius 3 is 2.76 bits per heavy atom. The molecular formula is C15H23N5O. The Hall–Kier alpha value is -2.11. The number of aromatic nitrogens is 4. The van der Waals surface area contributed by atoms with Gasteiger partial charge in [0.15, 0.2) is 0 Å². The SMILES string of the molecule is CCc1c(C)nn(CCNC(=O)[C@@H](C)n2cccn2)c1C. The van der Waals surface area contributed by atoms with E-state index in [9.17, 15) is 4.79 Å². The molecule has 6 nitrogen and oxygen atoms in total. The molecule has 1 amide bonds.